The van der Waals surface area contributed by atoms with Crippen molar-refractivity contribution >= 4 is 22.9 Å². The molecule has 0 bridgehead atoms. The average molecular weight is 405 g/mol. The Morgan fingerprint density at radius 1 is 1.03 bits per heavy atom. The first-order valence-corrected chi connectivity index (χ1v) is 10.5. The van der Waals surface area contributed by atoms with Gasteiger partial charge >= 0.3 is 6.09 Å². The molecule has 4 rings (SSSR count). The Labute approximate surface area is 176 Å². The number of hydrogen-bond donors (Lipinski definition) is 3. The van der Waals surface area contributed by atoms with E-state index in [4.69, 9.17) is 4.74 Å². The van der Waals surface area contributed by atoms with Gasteiger partial charge in [-0.15, -0.1) is 0 Å². The lowest BCUT2D eigenvalue weighted by Crippen LogP contribution is -2.50. The van der Waals surface area contributed by atoms with Crippen molar-refractivity contribution in [2.45, 2.75) is 50.8 Å². The SMILES string of the molecule is O=C(N[C@@H](Cc1c[nH]c2ccccc12)C(=O)NC1CCCC1)OCc1ccccc1. The number of aromatic amines is 1. The van der Waals surface area contributed by atoms with E-state index in [0.717, 1.165) is 47.7 Å². The van der Waals surface area contributed by atoms with Crippen LogP contribution < -0.4 is 10.6 Å². The minimum atomic E-state index is -0.701. The van der Waals surface area contributed by atoms with Gasteiger partial charge < -0.3 is 20.4 Å². The van der Waals surface area contributed by atoms with E-state index in [2.05, 4.69) is 15.6 Å². The van der Waals surface area contributed by atoms with Crippen molar-refractivity contribution < 1.29 is 14.3 Å². The quantitative estimate of drug-likeness (QED) is 0.554. The van der Waals surface area contributed by atoms with Crippen molar-refractivity contribution in [3.63, 3.8) is 0 Å². The fourth-order valence-electron chi connectivity index (χ4n) is 4.01. The number of nitrogens with one attached hydrogen (secondary N) is 3. The van der Waals surface area contributed by atoms with E-state index < -0.39 is 12.1 Å². The van der Waals surface area contributed by atoms with Gasteiger partial charge in [-0.25, -0.2) is 4.79 Å². The highest BCUT2D eigenvalue weighted by molar-refractivity contribution is 5.88. The molecule has 0 radical (unpaired) electrons. The van der Waals surface area contributed by atoms with E-state index in [9.17, 15) is 9.59 Å². The molecule has 1 saturated carbocycles. The second-order valence-corrected chi connectivity index (χ2v) is 7.81. The summed E-state index contributed by atoms with van der Waals surface area (Å²) in [6, 6.07) is 16.9. The van der Waals surface area contributed by atoms with Crippen molar-refractivity contribution in [2.75, 3.05) is 0 Å². The van der Waals surface area contributed by atoms with Crippen LogP contribution in [0.4, 0.5) is 4.79 Å². The number of carbonyl (C=O) groups excluding carboxylic acids is 2. The number of para-hydroxylation sites is 1. The maximum absolute atomic E-state index is 13.0. The Morgan fingerprint density at radius 2 is 1.77 bits per heavy atom. The molecule has 156 valence electrons. The van der Waals surface area contributed by atoms with Crippen LogP contribution in [0.15, 0.2) is 60.8 Å². The number of fused-ring (bicyclic) bond motifs is 1. The highest BCUT2D eigenvalue weighted by atomic mass is 16.5. The molecule has 0 aliphatic heterocycles. The van der Waals surface area contributed by atoms with Crippen LogP contribution in [0.25, 0.3) is 10.9 Å². The van der Waals surface area contributed by atoms with Gasteiger partial charge in [-0.1, -0.05) is 61.4 Å². The number of H-pyrrole nitrogens is 1. The molecule has 3 aromatic rings. The van der Waals surface area contributed by atoms with Gasteiger partial charge in [0.25, 0.3) is 0 Å². The molecule has 6 heteroatoms. The lowest BCUT2D eigenvalue weighted by molar-refractivity contribution is -0.123. The topological polar surface area (TPSA) is 83.2 Å². The standard InChI is InChI=1S/C24H27N3O3/c28-23(26-19-10-4-5-11-19)22(14-18-15-25-21-13-7-6-12-20(18)21)27-24(29)30-16-17-8-2-1-3-9-17/h1-3,6-9,12-13,15,19,22,25H,4-5,10-11,14,16H2,(H,26,28)(H,27,29)/t22-/m0/s1. The van der Waals surface area contributed by atoms with E-state index in [0.29, 0.717) is 6.42 Å². The summed E-state index contributed by atoms with van der Waals surface area (Å²) >= 11 is 0. The molecule has 0 saturated heterocycles. The molecule has 2 aromatic carbocycles. The number of ether oxygens (including phenoxy) is 1. The van der Waals surface area contributed by atoms with E-state index in [-0.39, 0.29) is 18.6 Å². The summed E-state index contributed by atoms with van der Waals surface area (Å²) in [6.45, 7) is 0.163. The Kier molecular flexibility index (Phi) is 6.32. The summed E-state index contributed by atoms with van der Waals surface area (Å²) in [5.41, 5.74) is 2.89. The van der Waals surface area contributed by atoms with E-state index >= 15 is 0 Å². The third-order valence-corrected chi connectivity index (χ3v) is 5.62. The maximum atomic E-state index is 13.0. The summed E-state index contributed by atoms with van der Waals surface area (Å²) in [5.74, 6) is -0.163. The summed E-state index contributed by atoms with van der Waals surface area (Å²) in [5, 5.41) is 6.93. The minimum absolute atomic E-state index is 0.163. The number of aromatic nitrogens is 1. The van der Waals surface area contributed by atoms with Crippen LogP contribution in [-0.2, 0) is 22.6 Å². The number of amides is 2. The molecule has 1 aliphatic carbocycles. The van der Waals surface area contributed by atoms with Gasteiger partial charge in [0, 0.05) is 29.6 Å². The largest absolute Gasteiger partial charge is 0.445 e. The van der Waals surface area contributed by atoms with Gasteiger partial charge in [-0.3, -0.25) is 4.79 Å². The van der Waals surface area contributed by atoms with E-state index in [1.165, 1.54) is 0 Å². The molecular weight excluding hydrogens is 378 g/mol. The molecule has 1 aliphatic rings. The lowest BCUT2D eigenvalue weighted by Gasteiger charge is -2.21. The van der Waals surface area contributed by atoms with Gasteiger partial charge in [0.2, 0.25) is 5.91 Å². The van der Waals surface area contributed by atoms with Crippen molar-refractivity contribution in [3.8, 4) is 0 Å². The molecule has 0 unspecified atom stereocenters. The fourth-order valence-corrected chi connectivity index (χ4v) is 4.01. The summed E-state index contributed by atoms with van der Waals surface area (Å²) in [6.07, 6.45) is 5.94. The number of rotatable bonds is 7. The highest BCUT2D eigenvalue weighted by Crippen LogP contribution is 2.21. The predicted octanol–water partition coefficient (Wildman–Crippen LogP) is 4.06. The minimum Gasteiger partial charge on any atom is -0.445 e. The van der Waals surface area contributed by atoms with Gasteiger partial charge in [-0.2, -0.15) is 0 Å². The summed E-state index contributed by atoms with van der Waals surface area (Å²) < 4.78 is 5.35. The molecule has 3 N–H and O–H groups in total. The van der Waals surface area contributed by atoms with Gasteiger partial charge in [0.15, 0.2) is 0 Å². The Balaban J connectivity index is 1.44. The first-order valence-electron chi connectivity index (χ1n) is 10.5. The second kappa shape index (κ2) is 9.48. The third kappa shape index (κ3) is 5.00. The van der Waals surface area contributed by atoms with Crippen LogP contribution >= 0.6 is 0 Å². The number of hydrogen-bond acceptors (Lipinski definition) is 3. The van der Waals surface area contributed by atoms with Crippen molar-refractivity contribution in [1.29, 1.82) is 0 Å². The number of carbonyl (C=O) groups is 2. The van der Waals surface area contributed by atoms with Crippen LogP contribution in [0.5, 0.6) is 0 Å². The van der Waals surface area contributed by atoms with E-state index in [1.807, 2.05) is 60.8 Å². The zero-order valence-corrected chi connectivity index (χ0v) is 16.9. The molecule has 1 heterocycles. The monoisotopic (exact) mass is 405 g/mol. The Bertz CT molecular complexity index is 993. The van der Waals surface area contributed by atoms with Crippen LogP contribution in [-0.4, -0.2) is 29.1 Å². The maximum Gasteiger partial charge on any atom is 0.408 e. The first kappa shape index (κ1) is 20.0. The molecule has 6 nitrogen and oxygen atoms in total. The second-order valence-electron chi connectivity index (χ2n) is 7.81. The molecule has 1 fully saturated rings. The van der Waals surface area contributed by atoms with Crippen LogP contribution in [0.2, 0.25) is 0 Å². The van der Waals surface area contributed by atoms with Crippen molar-refractivity contribution in [2.24, 2.45) is 0 Å². The molecule has 0 spiro atoms. The van der Waals surface area contributed by atoms with Crippen molar-refractivity contribution in [1.82, 2.24) is 15.6 Å². The normalized spacial score (nSPS) is 15.1. The van der Waals surface area contributed by atoms with Crippen LogP contribution in [0.3, 0.4) is 0 Å². The molecule has 1 atom stereocenters. The molecule has 2 amide bonds. The number of benzene rings is 2. The predicted molar refractivity (Wildman–Crippen MR) is 116 cm³/mol. The number of alkyl carbamates (subject to hydrolysis) is 1. The van der Waals surface area contributed by atoms with E-state index in [1.54, 1.807) is 0 Å². The summed E-state index contributed by atoms with van der Waals surface area (Å²) in [7, 11) is 0. The fraction of sp³-hybridized carbons (Fsp3) is 0.333. The van der Waals surface area contributed by atoms with Crippen LogP contribution in [0, 0.1) is 0 Å². The first-order chi connectivity index (χ1) is 14.7. The Morgan fingerprint density at radius 3 is 2.57 bits per heavy atom. The third-order valence-electron chi connectivity index (χ3n) is 5.62. The highest BCUT2D eigenvalue weighted by Gasteiger charge is 2.26. The zero-order valence-electron chi connectivity index (χ0n) is 16.9. The molecule has 30 heavy (non-hydrogen) atoms. The van der Waals surface area contributed by atoms with Gasteiger partial charge in [0.1, 0.15) is 12.6 Å². The summed E-state index contributed by atoms with van der Waals surface area (Å²) in [4.78, 5) is 28.6. The van der Waals surface area contributed by atoms with Crippen molar-refractivity contribution in [3.05, 3.63) is 71.9 Å². The smallest absolute Gasteiger partial charge is 0.408 e. The Hall–Kier alpha value is -3.28. The van der Waals surface area contributed by atoms with Gasteiger partial charge in [-0.05, 0) is 30.0 Å². The zero-order chi connectivity index (χ0) is 20.8. The van der Waals surface area contributed by atoms with Gasteiger partial charge in [0.05, 0.1) is 0 Å². The molecule has 1 aromatic heterocycles. The van der Waals surface area contributed by atoms with Crippen LogP contribution in [0.1, 0.15) is 36.8 Å². The lowest BCUT2D eigenvalue weighted by atomic mass is 10.0. The average Bonchev–Trinajstić information content (AvgIpc) is 3.43. The molecular formula is C24H27N3O3.